The van der Waals surface area contributed by atoms with Crippen LogP contribution in [0.2, 0.25) is 0 Å². The zero-order chi connectivity index (χ0) is 16.5. The van der Waals surface area contributed by atoms with Gasteiger partial charge in [0.25, 0.3) is 0 Å². The number of allylic oxidation sites excluding steroid dienone is 6. The average molecular weight is 311 g/mol. The summed E-state index contributed by atoms with van der Waals surface area (Å²) in [5, 5.41) is 1.03. The second-order valence-electron chi connectivity index (χ2n) is 5.03. The van der Waals surface area contributed by atoms with Crippen LogP contribution in [0.25, 0.3) is 5.57 Å². The third-order valence-corrected chi connectivity index (χ3v) is 4.33. The van der Waals surface area contributed by atoms with E-state index >= 15 is 0 Å². The molecule has 0 aliphatic carbocycles. The maximum atomic E-state index is 4.57. The van der Waals surface area contributed by atoms with Crippen molar-refractivity contribution in [2.24, 2.45) is 4.99 Å². The lowest BCUT2D eigenvalue weighted by atomic mass is 10.1. The van der Waals surface area contributed by atoms with E-state index in [2.05, 4.69) is 49.7 Å². The molecule has 0 spiro atoms. The van der Waals surface area contributed by atoms with Gasteiger partial charge in [-0.2, -0.15) is 0 Å². The van der Waals surface area contributed by atoms with Crippen molar-refractivity contribution in [3.05, 3.63) is 76.9 Å². The molecule has 0 saturated heterocycles. The molecule has 0 radical (unpaired) electrons. The fourth-order valence-corrected chi connectivity index (χ4v) is 2.74. The van der Waals surface area contributed by atoms with Crippen LogP contribution in [0.15, 0.2) is 76.3 Å². The number of benzene rings is 1. The molecule has 0 saturated carbocycles. The van der Waals surface area contributed by atoms with E-state index in [0.717, 1.165) is 21.9 Å². The van der Waals surface area contributed by atoms with Gasteiger partial charge in [0.2, 0.25) is 0 Å². The highest BCUT2D eigenvalue weighted by molar-refractivity contribution is 8.17. The minimum absolute atomic E-state index is 1.01. The molecule has 1 aromatic carbocycles. The van der Waals surface area contributed by atoms with Gasteiger partial charge in [-0.05, 0) is 57.4 Å². The molecule has 0 aliphatic heterocycles. The summed E-state index contributed by atoms with van der Waals surface area (Å²) in [5.74, 6) is 0. The highest BCUT2D eigenvalue weighted by atomic mass is 32.2. The van der Waals surface area contributed by atoms with Crippen molar-refractivity contribution in [3.63, 3.8) is 0 Å². The lowest BCUT2D eigenvalue weighted by Gasteiger charge is -2.09. The lowest BCUT2D eigenvalue weighted by Crippen LogP contribution is -1.90. The highest BCUT2D eigenvalue weighted by Gasteiger charge is 2.05. The van der Waals surface area contributed by atoms with Crippen molar-refractivity contribution >= 4 is 22.4 Å². The first-order chi connectivity index (χ1) is 10.5. The van der Waals surface area contributed by atoms with Crippen molar-refractivity contribution < 1.29 is 0 Å². The summed E-state index contributed by atoms with van der Waals surface area (Å²) in [7, 11) is 0. The summed E-state index contributed by atoms with van der Waals surface area (Å²) < 4.78 is 0. The minimum Gasteiger partial charge on any atom is -0.252 e. The van der Waals surface area contributed by atoms with Gasteiger partial charge in [0, 0.05) is 10.6 Å². The molecule has 116 valence electrons. The van der Waals surface area contributed by atoms with Crippen LogP contribution in [0.1, 0.15) is 40.2 Å². The predicted molar refractivity (Wildman–Crippen MR) is 103 cm³/mol. The third kappa shape index (κ3) is 5.90. The first-order valence-electron chi connectivity index (χ1n) is 7.43. The molecular formula is C20H25NS. The Kier molecular flexibility index (Phi) is 7.69. The van der Waals surface area contributed by atoms with E-state index in [1.807, 2.05) is 45.0 Å². The van der Waals surface area contributed by atoms with E-state index in [4.69, 9.17) is 0 Å². The molecule has 0 amide bonds. The second-order valence-corrected chi connectivity index (χ2v) is 6.27. The third-order valence-electron chi connectivity index (χ3n) is 3.28. The Hall–Kier alpha value is -1.80. The summed E-state index contributed by atoms with van der Waals surface area (Å²) in [6.45, 7) is 14.4. The summed E-state index contributed by atoms with van der Waals surface area (Å²) in [6, 6.07) is 10.2. The molecule has 0 fully saturated rings. The summed E-state index contributed by atoms with van der Waals surface area (Å²) in [4.78, 5) is 5.76. The number of rotatable bonds is 5. The average Bonchev–Trinajstić information content (AvgIpc) is 2.53. The van der Waals surface area contributed by atoms with Gasteiger partial charge in [0.15, 0.2) is 0 Å². The maximum Gasteiger partial charge on any atom is 0.0751 e. The standard InChI is InChI=1S/C20H25NS/c1-7-15(3)20(22-18(6)21-17(5)8-2)14-16(4)19-12-10-9-11-13-19/h7-14H,4H2,1-3,5-6H3/b15-7-,17-8-,20-14+,21-18+. The quantitative estimate of drug-likeness (QED) is 0.338. The Labute approximate surface area is 139 Å². The Morgan fingerprint density at radius 1 is 1.05 bits per heavy atom. The van der Waals surface area contributed by atoms with E-state index in [1.165, 1.54) is 10.5 Å². The van der Waals surface area contributed by atoms with Crippen LogP contribution in [-0.2, 0) is 0 Å². The first-order valence-corrected chi connectivity index (χ1v) is 8.25. The summed E-state index contributed by atoms with van der Waals surface area (Å²) >= 11 is 1.69. The van der Waals surface area contributed by atoms with Gasteiger partial charge in [0.1, 0.15) is 0 Å². The molecule has 0 heterocycles. The molecule has 22 heavy (non-hydrogen) atoms. The number of hydrogen-bond donors (Lipinski definition) is 0. The van der Waals surface area contributed by atoms with Crippen LogP contribution in [0.5, 0.6) is 0 Å². The predicted octanol–water partition coefficient (Wildman–Crippen LogP) is 6.63. The molecule has 0 N–H and O–H groups in total. The highest BCUT2D eigenvalue weighted by Crippen LogP contribution is 2.29. The van der Waals surface area contributed by atoms with E-state index in [1.54, 1.807) is 11.8 Å². The molecule has 0 aromatic heterocycles. The number of thioether (sulfide) groups is 1. The molecular weight excluding hydrogens is 286 g/mol. The van der Waals surface area contributed by atoms with Gasteiger partial charge >= 0.3 is 0 Å². The number of hydrogen-bond acceptors (Lipinski definition) is 2. The fraction of sp³-hybridized carbons (Fsp3) is 0.250. The largest absolute Gasteiger partial charge is 0.252 e. The number of nitrogens with zero attached hydrogens (tertiary/aromatic N) is 1. The number of aliphatic imine (C=N–C) groups is 1. The molecule has 0 unspecified atom stereocenters. The van der Waals surface area contributed by atoms with Crippen LogP contribution in [0.4, 0.5) is 0 Å². The van der Waals surface area contributed by atoms with Gasteiger partial charge in [-0.15, -0.1) is 0 Å². The van der Waals surface area contributed by atoms with Gasteiger partial charge in [0.05, 0.1) is 5.04 Å². The van der Waals surface area contributed by atoms with Crippen LogP contribution in [0, 0.1) is 0 Å². The van der Waals surface area contributed by atoms with Crippen LogP contribution >= 0.6 is 11.8 Å². The Balaban J connectivity index is 3.06. The Morgan fingerprint density at radius 2 is 1.68 bits per heavy atom. The van der Waals surface area contributed by atoms with Crippen LogP contribution in [-0.4, -0.2) is 5.04 Å². The maximum absolute atomic E-state index is 4.57. The van der Waals surface area contributed by atoms with Crippen molar-refractivity contribution in [2.75, 3.05) is 0 Å². The molecule has 2 heteroatoms. The summed E-state index contributed by atoms with van der Waals surface area (Å²) in [5.41, 5.74) is 4.42. The van der Waals surface area contributed by atoms with Crippen molar-refractivity contribution in [1.82, 2.24) is 0 Å². The molecule has 0 atom stereocenters. The molecule has 1 nitrogen and oxygen atoms in total. The van der Waals surface area contributed by atoms with E-state index < -0.39 is 0 Å². The topological polar surface area (TPSA) is 12.4 Å². The second kappa shape index (κ2) is 9.26. The monoisotopic (exact) mass is 311 g/mol. The van der Waals surface area contributed by atoms with Gasteiger partial charge in [-0.25, -0.2) is 0 Å². The fourth-order valence-electron chi connectivity index (χ4n) is 1.75. The SMILES string of the molecule is C=C(/C=C(S/C(C)=N/C(C)=C\C)\C(C)=C/C)c1ccccc1. The molecule has 0 aliphatic rings. The van der Waals surface area contributed by atoms with Crippen LogP contribution < -0.4 is 0 Å². The van der Waals surface area contributed by atoms with Gasteiger partial charge in [-0.1, -0.05) is 60.8 Å². The minimum atomic E-state index is 1.01. The van der Waals surface area contributed by atoms with Crippen molar-refractivity contribution in [1.29, 1.82) is 0 Å². The smallest absolute Gasteiger partial charge is 0.0751 e. The zero-order valence-corrected chi connectivity index (χ0v) is 15.0. The van der Waals surface area contributed by atoms with E-state index in [9.17, 15) is 0 Å². The van der Waals surface area contributed by atoms with Crippen molar-refractivity contribution in [3.8, 4) is 0 Å². The van der Waals surface area contributed by atoms with Crippen LogP contribution in [0.3, 0.4) is 0 Å². The molecule has 1 rings (SSSR count). The summed E-state index contributed by atoms with van der Waals surface area (Å²) in [6.07, 6.45) is 6.27. The van der Waals surface area contributed by atoms with Crippen molar-refractivity contribution in [2.45, 2.75) is 34.6 Å². The zero-order valence-electron chi connectivity index (χ0n) is 14.2. The normalized spacial score (nSPS) is 14.2. The Bertz CT molecular complexity index is 631. The van der Waals surface area contributed by atoms with Gasteiger partial charge in [-0.3, -0.25) is 4.99 Å². The van der Waals surface area contributed by atoms with Gasteiger partial charge < -0.3 is 0 Å². The lowest BCUT2D eigenvalue weighted by molar-refractivity contribution is 1.29. The molecule has 0 bridgehead atoms. The van der Waals surface area contributed by atoms with E-state index in [0.29, 0.717) is 0 Å². The molecule has 1 aromatic rings. The first kappa shape index (κ1) is 18.2. The Morgan fingerprint density at radius 3 is 2.23 bits per heavy atom. The van der Waals surface area contributed by atoms with E-state index in [-0.39, 0.29) is 0 Å².